The smallest absolute Gasteiger partial charge is 0.407 e. The van der Waals surface area contributed by atoms with Crippen LogP contribution in [0.1, 0.15) is 11.1 Å². The highest BCUT2D eigenvalue weighted by atomic mass is 16.6. The van der Waals surface area contributed by atoms with E-state index >= 15 is 0 Å². The molecule has 22 heavy (non-hydrogen) atoms. The molecule has 7 heteroatoms. The summed E-state index contributed by atoms with van der Waals surface area (Å²) in [5, 5.41) is 8.19. The fourth-order valence-electron chi connectivity index (χ4n) is 2.70. The zero-order chi connectivity index (χ0) is 15.5. The summed E-state index contributed by atoms with van der Waals surface area (Å²) < 4.78 is 4.91. The van der Waals surface area contributed by atoms with Crippen LogP contribution in [0.3, 0.4) is 0 Å². The molecule has 0 saturated carbocycles. The lowest BCUT2D eigenvalue weighted by Crippen LogP contribution is -2.28. The van der Waals surface area contributed by atoms with Crippen LogP contribution in [-0.4, -0.2) is 42.3 Å². The van der Waals surface area contributed by atoms with Crippen LogP contribution in [0.5, 0.6) is 0 Å². The second-order valence-corrected chi connectivity index (χ2v) is 5.55. The monoisotopic (exact) mass is 302 g/mol. The number of amides is 1. The maximum atomic E-state index is 11.1. The van der Waals surface area contributed by atoms with Crippen LogP contribution in [0.15, 0.2) is 29.7 Å². The molecule has 0 aliphatic carbocycles. The average molecular weight is 302 g/mol. The van der Waals surface area contributed by atoms with Crippen molar-refractivity contribution < 1.29 is 9.53 Å². The van der Waals surface area contributed by atoms with Crippen molar-refractivity contribution in [1.29, 1.82) is 0 Å². The minimum Gasteiger partial charge on any atom is -0.447 e. The third-order valence-corrected chi connectivity index (χ3v) is 3.90. The first-order valence-corrected chi connectivity index (χ1v) is 7.22. The number of cyclic esters (lactones) is 1. The first-order chi connectivity index (χ1) is 10.7. The van der Waals surface area contributed by atoms with E-state index < -0.39 is 0 Å². The first-order valence-electron chi connectivity index (χ1n) is 7.22. The first kappa shape index (κ1) is 14.4. The molecule has 1 aromatic heterocycles. The van der Waals surface area contributed by atoms with E-state index in [0.717, 1.165) is 34.9 Å². The Kier molecular flexibility index (Phi) is 3.95. The van der Waals surface area contributed by atoms with Crippen LogP contribution in [0.25, 0.3) is 10.9 Å². The molecular formula is C15H18N4O3. The van der Waals surface area contributed by atoms with Gasteiger partial charge in [-0.05, 0) is 36.1 Å². The number of nitrogens with one attached hydrogen (secondary N) is 2. The number of carbonyl (C=O) groups excluding carboxylic acids is 1. The number of fused-ring (bicyclic) bond motifs is 1. The molecule has 1 amide bonds. The summed E-state index contributed by atoms with van der Waals surface area (Å²) in [5.41, 5.74) is 3.36. The predicted molar refractivity (Wildman–Crippen MR) is 82.4 cm³/mol. The molecule has 1 saturated heterocycles. The lowest BCUT2D eigenvalue weighted by molar-refractivity contribution is 0.177. The van der Waals surface area contributed by atoms with E-state index in [9.17, 15) is 9.70 Å². The van der Waals surface area contributed by atoms with Gasteiger partial charge in [-0.3, -0.25) is 5.01 Å². The van der Waals surface area contributed by atoms with E-state index in [0.29, 0.717) is 13.2 Å². The molecule has 1 fully saturated rings. The van der Waals surface area contributed by atoms with Crippen LogP contribution >= 0.6 is 0 Å². The average Bonchev–Trinajstić information content (AvgIpc) is 3.11. The fraction of sp³-hybridized carbons (Fsp3) is 0.400. The molecule has 0 bridgehead atoms. The number of hydrogen-bond acceptors (Lipinski definition) is 4. The summed E-state index contributed by atoms with van der Waals surface area (Å²) in [5.74, 6) is 0. The topological polar surface area (TPSA) is 86.8 Å². The Morgan fingerprint density at radius 2 is 2.32 bits per heavy atom. The Morgan fingerprint density at radius 3 is 3.05 bits per heavy atom. The highest BCUT2D eigenvalue weighted by molar-refractivity contribution is 5.84. The molecule has 2 N–H and O–H groups in total. The summed E-state index contributed by atoms with van der Waals surface area (Å²) in [6.07, 6.45) is 3.10. The number of rotatable bonds is 6. The third kappa shape index (κ3) is 3.03. The van der Waals surface area contributed by atoms with Gasteiger partial charge in [-0.25, -0.2) is 4.79 Å². The van der Waals surface area contributed by atoms with Gasteiger partial charge in [0.2, 0.25) is 0 Å². The van der Waals surface area contributed by atoms with Gasteiger partial charge in [0.05, 0.1) is 11.3 Å². The minimum absolute atomic E-state index is 0.0257. The fourth-order valence-corrected chi connectivity index (χ4v) is 2.70. The summed E-state index contributed by atoms with van der Waals surface area (Å²) in [6.45, 7) is 0.986. The molecule has 0 radical (unpaired) electrons. The summed E-state index contributed by atoms with van der Waals surface area (Å²) >= 11 is 0. The Balaban J connectivity index is 1.75. The van der Waals surface area contributed by atoms with Crippen molar-refractivity contribution in [3.8, 4) is 0 Å². The Bertz CT molecular complexity index is 697. The van der Waals surface area contributed by atoms with E-state index in [-0.39, 0.29) is 12.1 Å². The molecule has 0 unspecified atom stereocenters. The van der Waals surface area contributed by atoms with E-state index in [1.165, 1.54) is 5.01 Å². The number of likely N-dealkylation sites (N-methyl/N-ethyl adjacent to an activating group) is 1. The number of alkyl carbamates (subject to hydrolysis) is 1. The van der Waals surface area contributed by atoms with Crippen molar-refractivity contribution >= 4 is 17.0 Å². The molecule has 1 aliphatic rings. The van der Waals surface area contributed by atoms with Gasteiger partial charge in [0.1, 0.15) is 6.61 Å². The van der Waals surface area contributed by atoms with Crippen molar-refractivity contribution in [2.24, 2.45) is 5.29 Å². The van der Waals surface area contributed by atoms with Gasteiger partial charge in [-0.15, -0.1) is 4.91 Å². The molecule has 116 valence electrons. The van der Waals surface area contributed by atoms with Gasteiger partial charge >= 0.3 is 6.09 Å². The lowest BCUT2D eigenvalue weighted by Gasteiger charge is -2.09. The number of ether oxygens (including phenoxy) is 1. The zero-order valence-electron chi connectivity index (χ0n) is 12.3. The minimum atomic E-state index is -0.349. The van der Waals surface area contributed by atoms with Crippen LogP contribution < -0.4 is 5.32 Å². The predicted octanol–water partition coefficient (Wildman–Crippen LogP) is 1.97. The molecule has 3 rings (SSSR count). The van der Waals surface area contributed by atoms with Crippen molar-refractivity contribution in [3.63, 3.8) is 0 Å². The van der Waals surface area contributed by atoms with Crippen molar-refractivity contribution in [3.05, 3.63) is 40.4 Å². The van der Waals surface area contributed by atoms with E-state index in [1.807, 2.05) is 18.3 Å². The molecule has 2 aromatic rings. The van der Waals surface area contributed by atoms with Gasteiger partial charge in [0.15, 0.2) is 0 Å². The van der Waals surface area contributed by atoms with E-state index in [2.05, 4.69) is 21.7 Å². The molecule has 2 heterocycles. The molecule has 1 aromatic carbocycles. The number of nitrogens with zero attached hydrogens (tertiary/aromatic N) is 2. The molecule has 7 nitrogen and oxygen atoms in total. The summed E-state index contributed by atoms with van der Waals surface area (Å²) in [6, 6.07) is 6.23. The number of aromatic nitrogens is 1. The van der Waals surface area contributed by atoms with Crippen molar-refractivity contribution in [2.45, 2.75) is 18.9 Å². The number of hydrogen-bond donors (Lipinski definition) is 2. The molecule has 0 spiro atoms. The normalized spacial score (nSPS) is 17.3. The maximum Gasteiger partial charge on any atom is 0.407 e. The second kappa shape index (κ2) is 6.05. The number of nitroso groups, excluding NO2 is 1. The Labute approximate surface area is 127 Å². The lowest BCUT2D eigenvalue weighted by atomic mass is 10.0. The van der Waals surface area contributed by atoms with Gasteiger partial charge < -0.3 is 15.0 Å². The number of carbonyl (C=O) groups is 1. The number of aromatic amines is 1. The highest BCUT2D eigenvalue weighted by Crippen LogP contribution is 2.22. The summed E-state index contributed by atoms with van der Waals surface area (Å²) in [7, 11) is 1.66. The van der Waals surface area contributed by atoms with Crippen LogP contribution in [0.2, 0.25) is 0 Å². The van der Waals surface area contributed by atoms with Gasteiger partial charge in [0.25, 0.3) is 0 Å². The van der Waals surface area contributed by atoms with E-state index in [1.54, 1.807) is 7.05 Å². The Hall–Kier alpha value is -2.57. The largest absolute Gasteiger partial charge is 0.447 e. The molecular weight excluding hydrogens is 284 g/mol. The SMILES string of the molecule is CN(CCc1c[nH]c2ccc(C[C@H]3COC(=O)N3)cc12)N=O. The Morgan fingerprint density at radius 1 is 1.45 bits per heavy atom. The zero-order valence-corrected chi connectivity index (χ0v) is 12.3. The van der Waals surface area contributed by atoms with Gasteiger partial charge in [0, 0.05) is 30.7 Å². The van der Waals surface area contributed by atoms with Gasteiger partial charge in [-0.2, -0.15) is 0 Å². The van der Waals surface area contributed by atoms with Crippen molar-refractivity contribution in [1.82, 2.24) is 15.3 Å². The number of benzene rings is 1. The standard InChI is InChI=1S/C15H18N4O3/c1-19(18-21)5-4-11-8-16-14-3-2-10(7-13(11)14)6-12-9-22-15(20)17-12/h2-3,7-8,12,16H,4-6,9H2,1H3,(H,17,20)/t12-/m0/s1. The molecule has 1 atom stereocenters. The molecule has 1 aliphatic heterocycles. The number of H-pyrrole nitrogens is 1. The highest BCUT2D eigenvalue weighted by Gasteiger charge is 2.22. The maximum absolute atomic E-state index is 11.1. The second-order valence-electron chi connectivity index (χ2n) is 5.55. The van der Waals surface area contributed by atoms with Crippen LogP contribution in [0, 0.1) is 4.91 Å². The van der Waals surface area contributed by atoms with E-state index in [4.69, 9.17) is 4.74 Å². The van der Waals surface area contributed by atoms with Gasteiger partial charge in [-0.1, -0.05) is 6.07 Å². The quantitative estimate of drug-likeness (QED) is 0.631. The van der Waals surface area contributed by atoms with Crippen LogP contribution in [0.4, 0.5) is 4.79 Å². The summed E-state index contributed by atoms with van der Waals surface area (Å²) in [4.78, 5) is 24.7. The van der Waals surface area contributed by atoms with Crippen molar-refractivity contribution in [2.75, 3.05) is 20.2 Å². The van der Waals surface area contributed by atoms with Crippen LogP contribution in [-0.2, 0) is 17.6 Å². The third-order valence-electron chi connectivity index (χ3n) is 3.90.